The second-order valence-electron chi connectivity index (χ2n) is 4.72. The van der Waals surface area contributed by atoms with Crippen LogP contribution in [0.2, 0.25) is 0 Å². The molecule has 0 radical (unpaired) electrons. The molecule has 20 heavy (non-hydrogen) atoms. The van der Waals surface area contributed by atoms with Crippen molar-refractivity contribution in [3.63, 3.8) is 0 Å². The standard InChI is InChI=1S/C11H12F3N5O/c1-19-7(4-8(18-19)11(12,13)14)5-15-10-17-16-9(20-10)6-2-3-6/h4,6H,2-3,5H2,1H3,(H,15,17). The summed E-state index contributed by atoms with van der Waals surface area (Å²) in [5.41, 5.74) is -0.538. The molecule has 1 fully saturated rings. The lowest BCUT2D eigenvalue weighted by Gasteiger charge is -2.01. The lowest BCUT2D eigenvalue weighted by atomic mass is 10.3. The van der Waals surface area contributed by atoms with Gasteiger partial charge in [0, 0.05) is 13.0 Å². The molecule has 1 aliphatic carbocycles. The second-order valence-corrected chi connectivity index (χ2v) is 4.72. The lowest BCUT2D eigenvalue weighted by Crippen LogP contribution is -2.07. The van der Waals surface area contributed by atoms with Gasteiger partial charge in [-0.05, 0) is 18.9 Å². The summed E-state index contributed by atoms with van der Waals surface area (Å²) in [5, 5.41) is 13.9. The summed E-state index contributed by atoms with van der Waals surface area (Å²) in [7, 11) is 1.45. The van der Waals surface area contributed by atoms with Crippen LogP contribution in [-0.2, 0) is 19.8 Å². The highest BCUT2D eigenvalue weighted by Crippen LogP contribution is 2.39. The highest BCUT2D eigenvalue weighted by atomic mass is 19.4. The number of anilines is 1. The third-order valence-electron chi connectivity index (χ3n) is 3.06. The number of hydrogen-bond donors (Lipinski definition) is 1. The largest absolute Gasteiger partial charge is 0.435 e. The number of aromatic nitrogens is 4. The summed E-state index contributed by atoms with van der Waals surface area (Å²) < 4.78 is 44.1. The zero-order valence-corrected chi connectivity index (χ0v) is 10.6. The Morgan fingerprint density at radius 3 is 2.75 bits per heavy atom. The Bertz CT molecular complexity index is 614. The number of hydrogen-bond acceptors (Lipinski definition) is 5. The van der Waals surface area contributed by atoms with Crippen molar-refractivity contribution in [2.24, 2.45) is 7.05 Å². The van der Waals surface area contributed by atoms with Crippen LogP contribution >= 0.6 is 0 Å². The van der Waals surface area contributed by atoms with Crippen LogP contribution < -0.4 is 5.32 Å². The smallest absolute Gasteiger partial charge is 0.408 e. The number of rotatable bonds is 4. The number of nitrogens with zero attached hydrogens (tertiary/aromatic N) is 4. The van der Waals surface area contributed by atoms with Crippen LogP contribution in [0, 0.1) is 0 Å². The highest BCUT2D eigenvalue weighted by molar-refractivity contribution is 5.22. The van der Waals surface area contributed by atoms with E-state index >= 15 is 0 Å². The molecule has 1 saturated carbocycles. The topological polar surface area (TPSA) is 68.8 Å². The molecule has 0 aliphatic heterocycles. The van der Waals surface area contributed by atoms with Crippen LogP contribution in [0.5, 0.6) is 0 Å². The van der Waals surface area contributed by atoms with Gasteiger partial charge >= 0.3 is 12.2 Å². The van der Waals surface area contributed by atoms with Crippen LogP contribution in [0.25, 0.3) is 0 Å². The fraction of sp³-hybridized carbons (Fsp3) is 0.545. The zero-order chi connectivity index (χ0) is 14.3. The van der Waals surface area contributed by atoms with Gasteiger partial charge in [0.05, 0.1) is 12.2 Å². The van der Waals surface area contributed by atoms with E-state index in [2.05, 4.69) is 20.6 Å². The van der Waals surface area contributed by atoms with E-state index in [9.17, 15) is 13.2 Å². The van der Waals surface area contributed by atoms with Crippen LogP contribution in [-0.4, -0.2) is 20.0 Å². The second kappa shape index (κ2) is 4.50. The Hall–Kier alpha value is -2.06. The Morgan fingerprint density at radius 2 is 2.15 bits per heavy atom. The van der Waals surface area contributed by atoms with Gasteiger partial charge in [-0.25, -0.2) is 0 Å². The molecular weight excluding hydrogens is 275 g/mol. The first-order chi connectivity index (χ1) is 9.43. The molecule has 108 valence electrons. The average molecular weight is 287 g/mol. The lowest BCUT2D eigenvalue weighted by molar-refractivity contribution is -0.141. The molecule has 1 N–H and O–H groups in total. The number of nitrogens with one attached hydrogen (secondary N) is 1. The van der Waals surface area contributed by atoms with Gasteiger partial charge in [0.2, 0.25) is 5.89 Å². The van der Waals surface area contributed by atoms with Crippen molar-refractivity contribution in [2.75, 3.05) is 5.32 Å². The van der Waals surface area contributed by atoms with E-state index in [-0.39, 0.29) is 12.6 Å². The van der Waals surface area contributed by atoms with Gasteiger partial charge in [0.15, 0.2) is 5.69 Å². The molecule has 0 amide bonds. The van der Waals surface area contributed by atoms with Gasteiger partial charge in [0.1, 0.15) is 0 Å². The molecule has 0 atom stereocenters. The summed E-state index contributed by atoms with van der Waals surface area (Å²) in [5.74, 6) is 0.917. The van der Waals surface area contributed by atoms with E-state index in [0.29, 0.717) is 17.5 Å². The monoisotopic (exact) mass is 287 g/mol. The normalized spacial score (nSPS) is 15.6. The van der Waals surface area contributed by atoms with Crippen molar-refractivity contribution >= 4 is 6.01 Å². The number of halogens is 3. The molecule has 0 spiro atoms. The van der Waals surface area contributed by atoms with Gasteiger partial charge in [-0.3, -0.25) is 4.68 Å². The molecule has 9 heteroatoms. The molecule has 0 saturated heterocycles. The van der Waals surface area contributed by atoms with Crippen molar-refractivity contribution in [2.45, 2.75) is 31.5 Å². The third-order valence-corrected chi connectivity index (χ3v) is 3.06. The molecule has 0 unspecified atom stereocenters. The molecule has 1 aliphatic rings. The molecule has 3 rings (SSSR count). The summed E-state index contributed by atoms with van der Waals surface area (Å²) >= 11 is 0. The quantitative estimate of drug-likeness (QED) is 0.934. The zero-order valence-electron chi connectivity index (χ0n) is 10.6. The molecule has 0 bridgehead atoms. The maximum absolute atomic E-state index is 12.5. The SMILES string of the molecule is Cn1nc(C(F)(F)F)cc1CNc1nnc(C2CC2)o1. The van der Waals surface area contributed by atoms with E-state index in [0.717, 1.165) is 18.9 Å². The first-order valence-corrected chi connectivity index (χ1v) is 6.11. The van der Waals surface area contributed by atoms with E-state index in [1.54, 1.807) is 0 Å². The van der Waals surface area contributed by atoms with E-state index in [1.165, 1.54) is 11.7 Å². The number of aryl methyl sites for hydroxylation is 1. The Morgan fingerprint density at radius 1 is 1.40 bits per heavy atom. The van der Waals surface area contributed by atoms with Crippen LogP contribution in [0.3, 0.4) is 0 Å². The summed E-state index contributed by atoms with van der Waals surface area (Å²) in [6.07, 6.45) is -2.36. The minimum absolute atomic E-state index is 0.131. The van der Waals surface area contributed by atoms with E-state index in [1.807, 2.05) is 0 Å². The molecule has 2 aromatic rings. The minimum Gasteiger partial charge on any atom is -0.408 e. The Kier molecular flexibility index (Phi) is 2.91. The number of alkyl halides is 3. The van der Waals surface area contributed by atoms with Gasteiger partial charge in [-0.15, -0.1) is 5.10 Å². The molecular formula is C11H12F3N5O. The Labute approximate surface area is 112 Å². The molecule has 2 aromatic heterocycles. The fourth-order valence-electron chi connectivity index (χ4n) is 1.78. The van der Waals surface area contributed by atoms with E-state index in [4.69, 9.17) is 4.42 Å². The summed E-state index contributed by atoms with van der Waals surface area (Å²) in [6.45, 7) is 0.131. The van der Waals surface area contributed by atoms with Crippen molar-refractivity contribution < 1.29 is 17.6 Å². The average Bonchev–Trinajstić information content (AvgIpc) is 2.98. The third kappa shape index (κ3) is 2.61. The van der Waals surface area contributed by atoms with E-state index < -0.39 is 11.9 Å². The summed E-state index contributed by atoms with van der Waals surface area (Å²) in [4.78, 5) is 0. The van der Waals surface area contributed by atoms with Gasteiger partial charge in [-0.2, -0.15) is 18.3 Å². The van der Waals surface area contributed by atoms with Gasteiger partial charge < -0.3 is 9.73 Å². The first kappa shape index (κ1) is 12.9. The Balaban J connectivity index is 1.66. The maximum Gasteiger partial charge on any atom is 0.435 e. The highest BCUT2D eigenvalue weighted by Gasteiger charge is 2.34. The van der Waals surface area contributed by atoms with Crippen LogP contribution in [0.4, 0.5) is 19.2 Å². The summed E-state index contributed by atoms with van der Waals surface area (Å²) in [6, 6.07) is 1.20. The molecule has 6 nitrogen and oxygen atoms in total. The van der Waals surface area contributed by atoms with Crippen molar-refractivity contribution in [3.05, 3.63) is 23.3 Å². The van der Waals surface area contributed by atoms with Crippen LogP contribution in [0.15, 0.2) is 10.5 Å². The predicted octanol–water partition coefficient (Wildman–Crippen LogP) is 2.31. The molecule has 2 heterocycles. The van der Waals surface area contributed by atoms with Crippen molar-refractivity contribution in [1.82, 2.24) is 20.0 Å². The van der Waals surface area contributed by atoms with Crippen LogP contribution in [0.1, 0.15) is 36.0 Å². The first-order valence-electron chi connectivity index (χ1n) is 6.11. The minimum atomic E-state index is -4.44. The van der Waals surface area contributed by atoms with Gasteiger partial charge in [-0.1, -0.05) is 5.10 Å². The fourth-order valence-corrected chi connectivity index (χ4v) is 1.78. The predicted molar refractivity (Wildman–Crippen MR) is 61.8 cm³/mol. The van der Waals surface area contributed by atoms with Gasteiger partial charge in [0.25, 0.3) is 0 Å². The van der Waals surface area contributed by atoms with Crippen molar-refractivity contribution in [1.29, 1.82) is 0 Å². The van der Waals surface area contributed by atoms with Crippen molar-refractivity contribution in [3.8, 4) is 0 Å². The maximum atomic E-state index is 12.5. The molecule has 0 aromatic carbocycles.